The zero-order chi connectivity index (χ0) is 12.8. The molecule has 1 aromatic carbocycles. The van der Waals surface area contributed by atoms with Crippen molar-refractivity contribution in [1.29, 1.82) is 0 Å². The van der Waals surface area contributed by atoms with Crippen LogP contribution in [0.2, 0.25) is 0 Å². The van der Waals surface area contributed by atoms with Gasteiger partial charge in [-0.05, 0) is 18.6 Å². The van der Waals surface area contributed by atoms with Crippen LogP contribution in [-0.4, -0.2) is 17.5 Å². The molecule has 94 valence electrons. The van der Waals surface area contributed by atoms with Crippen molar-refractivity contribution in [2.75, 3.05) is 6.61 Å². The number of nitrogens with zero attached hydrogens (tertiary/aromatic N) is 1. The lowest BCUT2D eigenvalue weighted by Crippen LogP contribution is -2.29. The first-order chi connectivity index (χ1) is 8.81. The molecule has 0 unspecified atom stereocenters. The highest BCUT2D eigenvalue weighted by Crippen LogP contribution is 2.22. The number of carbonyl (C=O) groups excluding carboxylic acids is 1. The molecule has 18 heavy (non-hydrogen) atoms. The van der Waals surface area contributed by atoms with E-state index in [1.807, 2.05) is 30.3 Å². The van der Waals surface area contributed by atoms with Crippen molar-refractivity contribution in [3.05, 3.63) is 36.5 Å². The number of ether oxygens (including phenoxy) is 1. The fourth-order valence-corrected chi connectivity index (χ4v) is 1.68. The van der Waals surface area contributed by atoms with Crippen LogP contribution in [0.5, 0.6) is 5.75 Å². The van der Waals surface area contributed by atoms with E-state index in [1.54, 1.807) is 6.20 Å². The average Bonchev–Trinajstić information content (AvgIpc) is 2.43. The second-order valence-electron chi connectivity index (χ2n) is 3.85. The van der Waals surface area contributed by atoms with Gasteiger partial charge in [0, 0.05) is 18.0 Å². The van der Waals surface area contributed by atoms with E-state index in [1.165, 1.54) is 0 Å². The Hall–Kier alpha value is -2.14. The summed E-state index contributed by atoms with van der Waals surface area (Å²) in [7, 11) is 0. The van der Waals surface area contributed by atoms with Crippen molar-refractivity contribution in [1.82, 2.24) is 10.4 Å². The van der Waals surface area contributed by atoms with E-state index in [9.17, 15) is 4.79 Å². The summed E-state index contributed by atoms with van der Waals surface area (Å²) in [5.74, 6) is 5.54. The molecule has 0 aliphatic carbocycles. The van der Waals surface area contributed by atoms with Crippen LogP contribution >= 0.6 is 0 Å². The Bertz CT molecular complexity index is 537. The van der Waals surface area contributed by atoms with E-state index in [0.29, 0.717) is 19.4 Å². The quantitative estimate of drug-likeness (QED) is 0.361. The number of pyridine rings is 1. The summed E-state index contributed by atoms with van der Waals surface area (Å²) in [4.78, 5) is 15.2. The first-order valence-corrected chi connectivity index (χ1v) is 5.77. The molecule has 3 N–H and O–H groups in total. The Morgan fingerprint density at radius 2 is 2.17 bits per heavy atom. The summed E-state index contributed by atoms with van der Waals surface area (Å²) in [5.41, 5.74) is 2.92. The van der Waals surface area contributed by atoms with Crippen molar-refractivity contribution >= 4 is 16.8 Å². The third kappa shape index (κ3) is 2.95. The van der Waals surface area contributed by atoms with Crippen molar-refractivity contribution in [2.45, 2.75) is 12.8 Å². The van der Waals surface area contributed by atoms with Crippen molar-refractivity contribution < 1.29 is 9.53 Å². The number of hydrogen-bond donors (Lipinski definition) is 2. The minimum absolute atomic E-state index is 0.186. The van der Waals surface area contributed by atoms with E-state index in [-0.39, 0.29) is 5.91 Å². The van der Waals surface area contributed by atoms with Crippen molar-refractivity contribution in [2.24, 2.45) is 5.84 Å². The molecule has 0 radical (unpaired) electrons. The van der Waals surface area contributed by atoms with Gasteiger partial charge in [-0.15, -0.1) is 0 Å². The average molecular weight is 245 g/mol. The van der Waals surface area contributed by atoms with Gasteiger partial charge in [0.05, 0.1) is 6.61 Å². The van der Waals surface area contributed by atoms with Gasteiger partial charge >= 0.3 is 0 Å². The topological polar surface area (TPSA) is 77.2 Å². The molecule has 5 nitrogen and oxygen atoms in total. The number of hydrogen-bond acceptors (Lipinski definition) is 4. The second kappa shape index (κ2) is 5.97. The molecular weight excluding hydrogens is 230 g/mol. The van der Waals surface area contributed by atoms with E-state index in [2.05, 4.69) is 10.4 Å². The van der Waals surface area contributed by atoms with E-state index >= 15 is 0 Å². The maximum Gasteiger partial charge on any atom is 0.234 e. The first kappa shape index (κ1) is 12.3. The summed E-state index contributed by atoms with van der Waals surface area (Å²) in [6, 6.07) is 9.65. The van der Waals surface area contributed by atoms with Crippen LogP contribution in [0, 0.1) is 0 Å². The SMILES string of the molecule is NNC(=O)CCCOc1cccc2cccnc12. The molecule has 5 heteroatoms. The molecule has 0 aliphatic rings. The van der Waals surface area contributed by atoms with Crippen molar-refractivity contribution in [3.8, 4) is 5.75 Å². The number of aromatic nitrogens is 1. The number of benzene rings is 1. The molecule has 0 atom stereocenters. The van der Waals surface area contributed by atoms with Gasteiger partial charge in [-0.25, -0.2) is 5.84 Å². The fourth-order valence-electron chi connectivity index (χ4n) is 1.68. The van der Waals surface area contributed by atoms with Gasteiger partial charge in [-0.3, -0.25) is 15.2 Å². The minimum Gasteiger partial charge on any atom is -0.491 e. The smallest absolute Gasteiger partial charge is 0.234 e. The summed E-state index contributed by atoms with van der Waals surface area (Å²) in [6.07, 6.45) is 2.71. The maximum atomic E-state index is 10.9. The highest BCUT2D eigenvalue weighted by atomic mass is 16.5. The summed E-state index contributed by atoms with van der Waals surface area (Å²) in [6.45, 7) is 0.461. The number of hydrazine groups is 1. The van der Waals surface area contributed by atoms with E-state index in [0.717, 1.165) is 16.7 Å². The normalized spacial score (nSPS) is 10.3. The van der Waals surface area contributed by atoms with Crippen LogP contribution < -0.4 is 16.0 Å². The van der Waals surface area contributed by atoms with Gasteiger partial charge in [0.1, 0.15) is 11.3 Å². The van der Waals surface area contributed by atoms with Crippen molar-refractivity contribution in [3.63, 3.8) is 0 Å². The third-order valence-corrected chi connectivity index (χ3v) is 2.56. The molecule has 1 aromatic heterocycles. The molecule has 2 rings (SSSR count). The summed E-state index contributed by atoms with van der Waals surface area (Å²) >= 11 is 0. The zero-order valence-corrected chi connectivity index (χ0v) is 9.93. The molecule has 1 heterocycles. The molecule has 0 fully saturated rings. The molecule has 0 bridgehead atoms. The summed E-state index contributed by atoms with van der Waals surface area (Å²) in [5, 5.41) is 1.04. The number of para-hydroxylation sites is 1. The highest BCUT2D eigenvalue weighted by Gasteiger charge is 2.03. The minimum atomic E-state index is -0.186. The number of nitrogens with two attached hydrogens (primary N) is 1. The predicted octanol–water partition coefficient (Wildman–Crippen LogP) is 1.38. The largest absolute Gasteiger partial charge is 0.491 e. The molecular formula is C13H15N3O2. The molecule has 2 aromatic rings. The van der Waals surface area contributed by atoms with Crippen LogP contribution in [0.3, 0.4) is 0 Å². The standard InChI is InChI=1S/C13H15N3O2/c14-16-12(17)7-3-9-18-11-6-1-4-10-5-2-8-15-13(10)11/h1-2,4-6,8H,3,7,9,14H2,(H,16,17). The van der Waals surface area contributed by atoms with Gasteiger partial charge in [0.15, 0.2) is 0 Å². The Labute approximate surface area is 105 Å². The van der Waals surface area contributed by atoms with Crippen LogP contribution in [0.25, 0.3) is 10.9 Å². The first-order valence-electron chi connectivity index (χ1n) is 5.77. The van der Waals surface area contributed by atoms with Gasteiger partial charge in [-0.2, -0.15) is 0 Å². The van der Waals surface area contributed by atoms with Crippen LogP contribution in [0.15, 0.2) is 36.5 Å². The lowest BCUT2D eigenvalue weighted by atomic mass is 10.2. The number of fused-ring (bicyclic) bond motifs is 1. The monoisotopic (exact) mass is 245 g/mol. The Morgan fingerprint density at radius 3 is 3.00 bits per heavy atom. The van der Waals surface area contributed by atoms with Crippen LogP contribution in [0.1, 0.15) is 12.8 Å². The zero-order valence-electron chi connectivity index (χ0n) is 9.93. The Kier molecular flexibility index (Phi) is 4.09. The van der Waals surface area contributed by atoms with Crippen LogP contribution in [-0.2, 0) is 4.79 Å². The lowest BCUT2D eigenvalue weighted by Gasteiger charge is -2.08. The molecule has 1 amide bonds. The van der Waals surface area contributed by atoms with Gasteiger partial charge in [-0.1, -0.05) is 18.2 Å². The Balaban J connectivity index is 1.97. The van der Waals surface area contributed by atoms with E-state index < -0.39 is 0 Å². The fraction of sp³-hybridized carbons (Fsp3) is 0.231. The molecule has 0 saturated heterocycles. The number of carbonyl (C=O) groups is 1. The Morgan fingerprint density at radius 1 is 1.33 bits per heavy atom. The maximum absolute atomic E-state index is 10.9. The molecule has 0 aliphatic heterocycles. The molecule has 0 spiro atoms. The number of amides is 1. The van der Waals surface area contributed by atoms with E-state index in [4.69, 9.17) is 10.6 Å². The number of nitrogens with one attached hydrogen (secondary N) is 1. The van der Waals surface area contributed by atoms with Gasteiger partial charge in [0.25, 0.3) is 0 Å². The summed E-state index contributed by atoms with van der Waals surface area (Å²) < 4.78 is 5.63. The predicted molar refractivity (Wildman–Crippen MR) is 68.8 cm³/mol. The lowest BCUT2D eigenvalue weighted by molar-refractivity contribution is -0.121. The number of rotatable bonds is 5. The molecule has 0 saturated carbocycles. The van der Waals surface area contributed by atoms with Gasteiger partial charge in [0.2, 0.25) is 5.91 Å². The second-order valence-corrected chi connectivity index (χ2v) is 3.85. The van der Waals surface area contributed by atoms with Crippen LogP contribution in [0.4, 0.5) is 0 Å². The highest BCUT2D eigenvalue weighted by molar-refractivity contribution is 5.84. The van der Waals surface area contributed by atoms with Gasteiger partial charge < -0.3 is 4.74 Å². The third-order valence-electron chi connectivity index (χ3n) is 2.56.